The second-order valence-electron chi connectivity index (χ2n) is 5.25. The van der Waals surface area contributed by atoms with Crippen LogP contribution in [0.5, 0.6) is 0 Å². The minimum atomic E-state index is -0.170. The number of aryl methyl sites for hydroxylation is 2. The number of rotatable bonds is 4. The summed E-state index contributed by atoms with van der Waals surface area (Å²) in [5.74, 6) is -0.170. The average Bonchev–Trinajstić information content (AvgIpc) is 2.77. The van der Waals surface area contributed by atoms with E-state index >= 15 is 0 Å². The minimum absolute atomic E-state index is 0.0109. The number of nitrogen functional groups attached to an aromatic ring is 1. The van der Waals surface area contributed by atoms with Gasteiger partial charge in [0.25, 0.3) is 5.91 Å². The Morgan fingerprint density at radius 3 is 2.62 bits per heavy atom. The molecule has 0 aliphatic rings. The molecule has 0 radical (unpaired) electrons. The van der Waals surface area contributed by atoms with Crippen LogP contribution in [0.15, 0.2) is 0 Å². The van der Waals surface area contributed by atoms with E-state index in [1.165, 1.54) is 11.3 Å². The third-order valence-electron chi connectivity index (χ3n) is 3.55. The van der Waals surface area contributed by atoms with Crippen molar-refractivity contribution < 1.29 is 9.90 Å². The highest BCUT2D eigenvalue weighted by molar-refractivity contribution is 7.21. The van der Waals surface area contributed by atoms with Crippen LogP contribution in [0.1, 0.15) is 34.8 Å². The second-order valence-corrected chi connectivity index (χ2v) is 6.25. The molecule has 0 aromatic carbocycles. The Hall–Kier alpha value is -1.73. The van der Waals surface area contributed by atoms with Gasteiger partial charge in [-0.3, -0.25) is 4.79 Å². The van der Waals surface area contributed by atoms with Crippen LogP contribution in [0.4, 0.5) is 5.69 Å². The summed E-state index contributed by atoms with van der Waals surface area (Å²) in [7, 11) is 0. The molecule has 6 nitrogen and oxygen atoms in total. The van der Waals surface area contributed by atoms with E-state index in [1.54, 1.807) is 4.90 Å². The van der Waals surface area contributed by atoms with E-state index in [2.05, 4.69) is 10.2 Å². The minimum Gasteiger partial charge on any atom is -0.397 e. The molecule has 0 atom stereocenters. The molecular formula is C14H20N4O2S. The lowest BCUT2D eigenvalue weighted by Crippen LogP contribution is -2.38. The normalized spacial score (nSPS) is 11.3. The first kappa shape index (κ1) is 15.7. The van der Waals surface area contributed by atoms with Crippen molar-refractivity contribution in [2.24, 2.45) is 0 Å². The molecule has 0 bridgehead atoms. The van der Waals surface area contributed by atoms with Crippen LogP contribution >= 0.6 is 11.3 Å². The van der Waals surface area contributed by atoms with Crippen molar-refractivity contribution in [1.29, 1.82) is 0 Å². The number of aromatic nitrogens is 2. The first-order valence-electron chi connectivity index (χ1n) is 6.82. The average molecular weight is 308 g/mol. The van der Waals surface area contributed by atoms with Gasteiger partial charge in [0.05, 0.1) is 18.0 Å². The fourth-order valence-corrected chi connectivity index (χ4v) is 3.29. The van der Waals surface area contributed by atoms with Gasteiger partial charge in [0, 0.05) is 18.0 Å². The SMILES string of the molecule is Cc1nnc2sc(C(=O)N(CCO)C(C)C)c(N)c2c1C. The third-order valence-corrected chi connectivity index (χ3v) is 4.63. The maximum atomic E-state index is 12.7. The van der Waals surface area contributed by atoms with Crippen LogP contribution in [0.3, 0.4) is 0 Å². The Morgan fingerprint density at radius 2 is 2.05 bits per heavy atom. The predicted octanol–water partition coefficient (Wildman–Crippen LogP) is 1.73. The summed E-state index contributed by atoms with van der Waals surface area (Å²) in [5.41, 5.74) is 8.39. The van der Waals surface area contributed by atoms with Crippen LogP contribution in [0, 0.1) is 13.8 Å². The van der Waals surface area contributed by atoms with E-state index in [0.717, 1.165) is 16.6 Å². The van der Waals surface area contributed by atoms with Crippen molar-refractivity contribution in [2.45, 2.75) is 33.7 Å². The number of hydrogen-bond acceptors (Lipinski definition) is 6. The highest BCUT2D eigenvalue weighted by Crippen LogP contribution is 2.35. The summed E-state index contributed by atoms with van der Waals surface area (Å²) in [4.78, 5) is 15.4. The van der Waals surface area contributed by atoms with Gasteiger partial charge in [0.1, 0.15) is 9.71 Å². The summed E-state index contributed by atoms with van der Waals surface area (Å²) in [6, 6.07) is -0.0109. The van der Waals surface area contributed by atoms with Crippen LogP contribution < -0.4 is 5.73 Å². The Bertz CT molecular complexity index is 681. The van der Waals surface area contributed by atoms with E-state index in [-0.39, 0.29) is 25.1 Å². The molecule has 0 aliphatic heterocycles. The highest BCUT2D eigenvalue weighted by Gasteiger charge is 2.25. The summed E-state index contributed by atoms with van der Waals surface area (Å²) in [6.45, 7) is 7.82. The molecule has 2 aromatic rings. The van der Waals surface area contributed by atoms with Gasteiger partial charge in [0.2, 0.25) is 0 Å². The molecule has 21 heavy (non-hydrogen) atoms. The Morgan fingerprint density at radius 1 is 1.38 bits per heavy atom. The fraction of sp³-hybridized carbons (Fsp3) is 0.500. The molecule has 0 saturated carbocycles. The molecule has 0 aliphatic carbocycles. The monoisotopic (exact) mass is 308 g/mol. The maximum Gasteiger partial charge on any atom is 0.266 e. The number of thiophene rings is 1. The van der Waals surface area contributed by atoms with E-state index in [0.29, 0.717) is 15.4 Å². The van der Waals surface area contributed by atoms with Crippen LogP contribution in [-0.2, 0) is 0 Å². The smallest absolute Gasteiger partial charge is 0.266 e. The maximum absolute atomic E-state index is 12.7. The first-order valence-corrected chi connectivity index (χ1v) is 7.63. The van der Waals surface area contributed by atoms with Gasteiger partial charge in [-0.05, 0) is 33.3 Å². The van der Waals surface area contributed by atoms with Crippen LogP contribution in [-0.4, -0.2) is 45.3 Å². The van der Waals surface area contributed by atoms with E-state index in [1.807, 2.05) is 27.7 Å². The Balaban J connectivity index is 2.54. The molecule has 0 fully saturated rings. The van der Waals surface area contributed by atoms with Crippen molar-refractivity contribution in [3.63, 3.8) is 0 Å². The number of aliphatic hydroxyl groups is 1. The summed E-state index contributed by atoms with van der Waals surface area (Å²) in [5, 5.41) is 18.1. The van der Waals surface area contributed by atoms with Crippen molar-refractivity contribution in [1.82, 2.24) is 15.1 Å². The number of hydrogen-bond donors (Lipinski definition) is 2. The number of fused-ring (bicyclic) bond motifs is 1. The molecule has 0 spiro atoms. The van der Waals surface area contributed by atoms with Gasteiger partial charge < -0.3 is 15.7 Å². The van der Waals surface area contributed by atoms with E-state index in [9.17, 15) is 4.79 Å². The van der Waals surface area contributed by atoms with Gasteiger partial charge in [-0.25, -0.2) is 0 Å². The third kappa shape index (κ3) is 2.71. The fourth-order valence-electron chi connectivity index (χ4n) is 2.23. The number of nitrogens with zero attached hydrogens (tertiary/aromatic N) is 3. The molecule has 114 valence electrons. The van der Waals surface area contributed by atoms with Gasteiger partial charge in [-0.1, -0.05) is 0 Å². The van der Waals surface area contributed by atoms with Gasteiger partial charge in [-0.15, -0.1) is 16.4 Å². The predicted molar refractivity (Wildman–Crippen MR) is 84.6 cm³/mol. The van der Waals surface area contributed by atoms with Crippen molar-refractivity contribution in [3.8, 4) is 0 Å². The quantitative estimate of drug-likeness (QED) is 0.897. The van der Waals surface area contributed by atoms with Gasteiger partial charge in [-0.2, -0.15) is 5.10 Å². The molecular weight excluding hydrogens is 288 g/mol. The topological polar surface area (TPSA) is 92.3 Å². The van der Waals surface area contributed by atoms with Gasteiger partial charge in [0.15, 0.2) is 0 Å². The summed E-state index contributed by atoms with van der Waals surface area (Å²) in [6.07, 6.45) is 0. The molecule has 2 rings (SSSR count). The lowest BCUT2D eigenvalue weighted by Gasteiger charge is -2.25. The number of carbonyl (C=O) groups is 1. The second kappa shape index (κ2) is 5.95. The van der Waals surface area contributed by atoms with E-state index in [4.69, 9.17) is 10.8 Å². The molecule has 0 unspecified atom stereocenters. The number of amides is 1. The highest BCUT2D eigenvalue weighted by atomic mass is 32.1. The molecule has 3 N–H and O–H groups in total. The number of carbonyl (C=O) groups excluding carboxylic acids is 1. The lowest BCUT2D eigenvalue weighted by atomic mass is 10.1. The molecule has 2 aromatic heterocycles. The summed E-state index contributed by atoms with van der Waals surface area (Å²) >= 11 is 1.26. The largest absolute Gasteiger partial charge is 0.397 e. The van der Waals surface area contributed by atoms with Crippen molar-refractivity contribution in [3.05, 3.63) is 16.1 Å². The molecule has 7 heteroatoms. The summed E-state index contributed by atoms with van der Waals surface area (Å²) < 4.78 is 0. The Labute approximate surface area is 127 Å². The number of aliphatic hydroxyl groups excluding tert-OH is 1. The van der Waals surface area contributed by atoms with Crippen LogP contribution in [0.2, 0.25) is 0 Å². The Kier molecular flexibility index (Phi) is 4.43. The zero-order chi connectivity index (χ0) is 15.7. The molecule has 0 saturated heterocycles. The van der Waals surface area contributed by atoms with Crippen molar-refractivity contribution >= 4 is 33.1 Å². The van der Waals surface area contributed by atoms with E-state index < -0.39 is 0 Å². The van der Waals surface area contributed by atoms with Crippen molar-refractivity contribution in [2.75, 3.05) is 18.9 Å². The number of nitrogens with two attached hydrogens (primary N) is 1. The molecule has 1 amide bonds. The number of anilines is 1. The molecule has 2 heterocycles. The standard InChI is InChI=1S/C14H20N4O2S/c1-7(2)18(5-6-19)14(20)12-11(15)10-8(3)9(4)16-17-13(10)21-12/h7,19H,5-6,15H2,1-4H3. The zero-order valence-electron chi connectivity index (χ0n) is 12.7. The van der Waals surface area contributed by atoms with Crippen LogP contribution in [0.25, 0.3) is 10.2 Å². The zero-order valence-corrected chi connectivity index (χ0v) is 13.5. The first-order chi connectivity index (χ1) is 9.88. The lowest BCUT2D eigenvalue weighted by molar-refractivity contribution is 0.0671. The van der Waals surface area contributed by atoms with Gasteiger partial charge >= 0.3 is 0 Å².